The second-order valence-corrected chi connectivity index (χ2v) is 6.41. The van der Waals surface area contributed by atoms with Crippen LogP contribution in [0.2, 0.25) is 0 Å². The van der Waals surface area contributed by atoms with Crippen molar-refractivity contribution in [1.29, 1.82) is 0 Å². The van der Waals surface area contributed by atoms with E-state index in [9.17, 15) is 15.0 Å². The van der Waals surface area contributed by atoms with Crippen LogP contribution < -0.4 is 0 Å². The molecule has 104 valence electrons. The van der Waals surface area contributed by atoms with E-state index in [1.807, 2.05) is 0 Å². The van der Waals surface area contributed by atoms with Gasteiger partial charge < -0.3 is 14.9 Å². The number of carbonyl (C=O) groups excluding carboxylic acids is 1. The van der Waals surface area contributed by atoms with Gasteiger partial charge in [0.1, 0.15) is 6.10 Å². The first-order valence-corrected chi connectivity index (χ1v) is 6.87. The Morgan fingerprint density at radius 1 is 1.37 bits per heavy atom. The van der Waals surface area contributed by atoms with Gasteiger partial charge in [-0.05, 0) is 36.2 Å². The molecule has 0 amide bonds. The Morgan fingerprint density at radius 3 is 2.74 bits per heavy atom. The van der Waals surface area contributed by atoms with Crippen LogP contribution in [0.4, 0.5) is 0 Å². The lowest BCUT2D eigenvalue weighted by Gasteiger charge is -2.27. The van der Waals surface area contributed by atoms with Gasteiger partial charge in [-0.15, -0.1) is 0 Å². The summed E-state index contributed by atoms with van der Waals surface area (Å²) in [4.78, 5) is 11.8. The quantitative estimate of drug-likeness (QED) is 0.738. The molecule has 2 aliphatic carbocycles. The van der Waals surface area contributed by atoms with E-state index in [-0.39, 0.29) is 30.7 Å². The minimum atomic E-state index is -0.374. The minimum absolute atomic E-state index is 0.132. The number of aliphatic hydroxyl groups is 2. The molecule has 0 bridgehead atoms. The monoisotopic (exact) mass is 264 g/mol. The van der Waals surface area contributed by atoms with Crippen LogP contribution in [0, 0.1) is 11.3 Å². The fourth-order valence-corrected chi connectivity index (χ4v) is 3.74. The number of aliphatic hydroxyl groups excluding tert-OH is 2. The fraction of sp³-hybridized carbons (Fsp3) is 0.667. The number of ether oxygens (including phenoxy) is 1. The Hall–Kier alpha value is -1.13. The standard InChI is InChI=1S/C15H20O4/c1-8-3-12-13(11(6-16)14(18)19-12)10-5-15(2,7-17)4-9(8)10/h8,12,16-17H,3-7H2,1-2H3. The zero-order chi connectivity index (χ0) is 13.8. The van der Waals surface area contributed by atoms with Crippen LogP contribution in [0.5, 0.6) is 0 Å². The lowest BCUT2D eigenvalue weighted by molar-refractivity contribution is -0.140. The number of hydrogen-bond acceptors (Lipinski definition) is 4. The maximum Gasteiger partial charge on any atom is 0.337 e. The highest BCUT2D eigenvalue weighted by atomic mass is 16.5. The number of allylic oxidation sites excluding steroid dienone is 1. The van der Waals surface area contributed by atoms with Crippen molar-refractivity contribution in [3.05, 3.63) is 22.3 Å². The Morgan fingerprint density at radius 2 is 2.11 bits per heavy atom. The zero-order valence-corrected chi connectivity index (χ0v) is 11.4. The number of esters is 1. The van der Waals surface area contributed by atoms with E-state index in [1.165, 1.54) is 5.57 Å². The largest absolute Gasteiger partial charge is 0.454 e. The number of rotatable bonds is 2. The Balaban J connectivity index is 2.08. The topological polar surface area (TPSA) is 66.8 Å². The van der Waals surface area contributed by atoms with Crippen LogP contribution in [0.3, 0.4) is 0 Å². The van der Waals surface area contributed by atoms with E-state index in [0.29, 0.717) is 11.5 Å². The summed E-state index contributed by atoms with van der Waals surface area (Å²) >= 11 is 0. The van der Waals surface area contributed by atoms with Crippen molar-refractivity contribution in [2.24, 2.45) is 11.3 Å². The van der Waals surface area contributed by atoms with Gasteiger partial charge in [0.15, 0.2) is 0 Å². The second-order valence-electron chi connectivity index (χ2n) is 6.41. The van der Waals surface area contributed by atoms with Crippen LogP contribution in [0.1, 0.15) is 33.1 Å². The van der Waals surface area contributed by atoms with E-state index in [2.05, 4.69) is 13.8 Å². The van der Waals surface area contributed by atoms with Gasteiger partial charge in [0.25, 0.3) is 0 Å². The summed E-state index contributed by atoms with van der Waals surface area (Å²) < 4.78 is 5.38. The molecule has 0 saturated carbocycles. The SMILES string of the molecule is CC1CC2OC(=O)C(CO)=C2C2=C1CC(C)(CO)C2. The third-order valence-corrected chi connectivity index (χ3v) is 4.78. The third kappa shape index (κ3) is 1.77. The molecule has 1 aliphatic heterocycles. The molecule has 4 nitrogen and oxygen atoms in total. The molecule has 1 heterocycles. The van der Waals surface area contributed by atoms with Crippen molar-refractivity contribution in [1.82, 2.24) is 0 Å². The van der Waals surface area contributed by atoms with Gasteiger partial charge in [0, 0.05) is 12.2 Å². The van der Waals surface area contributed by atoms with Crippen LogP contribution in [-0.4, -0.2) is 35.5 Å². The zero-order valence-electron chi connectivity index (χ0n) is 11.4. The molecule has 0 radical (unpaired) electrons. The highest BCUT2D eigenvalue weighted by Crippen LogP contribution is 2.53. The molecule has 3 atom stereocenters. The highest BCUT2D eigenvalue weighted by Gasteiger charge is 2.47. The van der Waals surface area contributed by atoms with Gasteiger partial charge in [-0.2, -0.15) is 0 Å². The second kappa shape index (κ2) is 4.18. The van der Waals surface area contributed by atoms with Gasteiger partial charge in [-0.1, -0.05) is 19.4 Å². The molecular weight excluding hydrogens is 244 g/mol. The molecule has 0 saturated heterocycles. The predicted molar refractivity (Wildman–Crippen MR) is 69.2 cm³/mol. The molecular formula is C15H20O4. The molecule has 4 heteroatoms. The average Bonchev–Trinajstić information content (AvgIpc) is 2.87. The first kappa shape index (κ1) is 12.9. The first-order valence-electron chi connectivity index (χ1n) is 6.87. The first-order chi connectivity index (χ1) is 8.99. The van der Waals surface area contributed by atoms with Crippen LogP contribution in [-0.2, 0) is 9.53 Å². The van der Waals surface area contributed by atoms with Crippen molar-refractivity contribution in [2.75, 3.05) is 13.2 Å². The predicted octanol–water partition coefficient (Wildman–Crippen LogP) is 1.33. The van der Waals surface area contributed by atoms with E-state index in [1.54, 1.807) is 0 Å². The molecule has 0 fully saturated rings. The lowest BCUT2D eigenvalue weighted by Crippen LogP contribution is -2.22. The maximum atomic E-state index is 11.8. The summed E-state index contributed by atoms with van der Waals surface area (Å²) in [6, 6.07) is 0. The molecule has 0 spiro atoms. The van der Waals surface area contributed by atoms with E-state index >= 15 is 0 Å². The minimum Gasteiger partial charge on any atom is -0.454 e. The van der Waals surface area contributed by atoms with Crippen molar-refractivity contribution in [3.63, 3.8) is 0 Å². The Bertz CT molecular complexity index is 502. The molecule has 0 aromatic rings. The van der Waals surface area contributed by atoms with Gasteiger partial charge in [0.05, 0.1) is 12.2 Å². The molecule has 3 unspecified atom stereocenters. The Kier molecular flexibility index (Phi) is 2.84. The van der Waals surface area contributed by atoms with Crippen molar-refractivity contribution in [2.45, 2.75) is 39.2 Å². The van der Waals surface area contributed by atoms with Crippen LogP contribution >= 0.6 is 0 Å². The molecule has 19 heavy (non-hydrogen) atoms. The molecule has 3 rings (SSSR count). The normalized spacial score (nSPS) is 37.6. The molecule has 2 N–H and O–H groups in total. The van der Waals surface area contributed by atoms with Crippen LogP contribution in [0.25, 0.3) is 0 Å². The van der Waals surface area contributed by atoms with Gasteiger partial charge in [0.2, 0.25) is 0 Å². The van der Waals surface area contributed by atoms with E-state index < -0.39 is 0 Å². The van der Waals surface area contributed by atoms with Gasteiger partial charge >= 0.3 is 5.97 Å². The molecule has 0 aromatic carbocycles. The lowest BCUT2D eigenvalue weighted by atomic mass is 9.79. The van der Waals surface area contributed by atoms with Crippen LogP contribution in [0.15, 0.2) is 22.3 Å². The fourth-order valence-electron chi connectivity index (χ4n) is 3.74. The van der Waals surface area contributed by atoms with Crippen molar-refractivity contribution < 1.29 is 19.7 Å². The number of fused-ring (bicyclic) bond motifs is 2. The average molecular weight is 264 g/mol. The summed E-state index contributed by atoms with van der Waals surface area (Å²) in [6.45, 7) is 4.11. The number of hydrogen-bond donors (Lipinski definition) is 2. The highest BCUT2D eigenvalue weighted by molar-refractivity contribution is 5.94. The summed E-state index contributed by atoms with van der Waals surface area (Å²) in [5, 5.41) is 19.0. The molecule has 0 aromatic heterocycles. The summed E-state index contributed by atoms with van der Waals surface area (Å²) in [6.07, 6.45) is 2.26. The van der Waals surface area contributed by atoms with E-state index in [0.717, 1.165) is 30.4 Å². The van der Waals surface area contributed by atoms with E-state index in [4.69, 9.17) is 4.74 Å². The summed E-state index contributed by atoms with van der Waals surface area (Å²) in [5.74, 6) is 0.00372. The smallest absolute Gasteiger partial charge is 0.337 e. The maximum absolute atomic E-state index is 11.8. The van der Waals surface area contributed by atoms with Crippen molar-refractivity contribution >= 4 is 5.97 Å². The van der Waals surface area contributed by atoms with Gasteiger partial charge in [-0.25, -0.2) is 4.79 Å². The van der Waals surface area contributed by atoms with Crippen molar-refractivity contribution in [3.8, 4) is 0 Å². The summed E-state index contributed by atoms with van der Waals surface area (Å²) in [7, 11) is 0. The van der Waals surface area contributed by atoms with Gasteiger partial charge in [-0.3, -0.25) is 0 Å². The molecule has 3 aliphatic rings. The third-order valence-electron chi connectivity index (χ3n) is 4.78. The summed E-state index contributed by atoms with van der Waals surface area (Å²) in [5.41, 5.74) is 3.71. The number of carbonyl (C=O) groups is 1. The Labute approximate surface area is 112 Å².